The summed E-state index contributed by atoms with van der Waals surface area (Å²) in [7, 11) is 0. The van der Waals surface area contributed by atoms with Crippen molar-refractivity contribution in [1.29, 1.82) is 0 Å². The Balaban J connectivity index is 2.09. The van der Waals surface area contributed by atoms with Crippen molar-refractivity contribution in [2.24, 2.45) is 0 Å². The molecule has 0 saturated heterocycles. The van der Waals surface area contributed by atoms with Crippen LogP contribution in [0.1, 0.15) is 18.9 Å². The Bertz CT molecular complexity index is 778. The first-order chi connectivity index (χ1) is 12.5. The van der Waals surface area contributed by atoms with Crippen LogP contribution in [0.2, 0.25) is 0 Å². The molecule has 0 radical (unpaired) electrons. The lowest BCUT2D eigenvalue weighted by Crippen LogP contribution is -2.34. The van der Waals surface area contributed by atoms with Gasteiger partial charge in [-0.3, -0.25) is 9.69 Å². The molecule has 0 aliphatic rings. The zero-order valence-electron chi connectivity index (χ0n) is 14.6. The fourth-order valence-electron chi connectivity index (χ4n) is 2.25. The van der Waals surface area contributed by atoms with E-state index in [4.69, 9.17) is 16.3 Å². The van der Waals surface area contributed by atoms with Gasteiger partial charge in [0.15, 0.2) is 0 Å². The summed E-state index contributed by atoms with van der Waals surface area (Å²) in [5.74, 6) is 0.222. The predicted octanol–water partition coefficient (Wildman–Crippen LogP) is 4.79. The zero-order chi connectivity index (χ0) is 18.9. The number of rotatable bonds is 7. The molecular formula is C20H21ClN2O3. The molecule has 0 fully saturated rings. The number of anilines is 1. The zero-order valence-corrected chi connectivity index (χ0v) is 15.3. The largest absolute Gasteiger partial charge is 0.415 e. The molecule has 0 heterocycles. The maximum absolute atomic E-state index is 12.6. The van der Waals surface area contributed by atoms with Crippen LogP contribution in [0.25, 0.3) is 0 Å². The van der Waals surface area contributed by atoms with Gasteiger partial charge in [0.25, 0.3) is 0 Å². The van der Waals surface area contributed by atoms with E-state index in [-0.39, 0.29) is 12.5 Å². The van der Waals surface area contributed by atoms with E-state index >= 15 is 0 Å². The third-order valence-electron chi connectivity index (χ3n) is 3.48. The standard InChI is InChI=1S/C20H21ClN2O3/c1-3-19(24)22-17-10-7-11-18(12-17)26-20(25)23(13-15(2)21)14-16-8-5-4-6-9-16/h4-12H,2-3,13-14H2,1H3,(H,22,24). The molecule has 1 N–H and O–H groups in total. The van der Waals surface area contributed by atoms with Crippen molar-refractivity contribution < 1.29 is 14.3 Å². The molecule has 0 saturated carbocycles. The molecule has 0 spiro atoms. The molecule has 0 aliphatic heterocycles. The Kier molecular flexibility index (Phi) is 7.24. The van der Waals surface area contributed by atoms with E-state index < -0.39 is 6.09 Å². The minimum absolute atomic E-state index is 0.113. The number of hydrogen-bond donors (Lipinski definition) is 1. The molecule has 2 amide bonds. The van der Waals surface area contributed by atoms with Crippen molar-refractivity contribution in [1.82, 2.24) is 4.90 Å². The van der Waals surface area contributed by atoms with Crippen LogP contribution >= 0.6 is 11.6 Å². The Morgan fingerprint density at radius 2 is 1.88 bits per heavy atom. The third kappa shape index (κ3) is 6.26. The van der Waals surface area contributed by atoms with Crippen LogP contribution in [-0.2, 0) is 11.3 Å². The van der Waals surface area contributed by atoms with Crippen LogP contribution in [-0.4, -0.2) is 23.4 Å². The molecular weight excluding hydrogens is 352 g/mol. The summed E-state index contributed by atoms with van der Waals surface area (Å²) in [4.78, 5) is 25.5. The number of carbonyl (C=O) groups excluding carboxylic acids is 2. The fourth-order valence-corrected chi connectivity index (χ4v) is 2.39. The summed E-state index contributed by atoms with van der Waals surface area (Å²) in [6, 6.07) is 16.2. The summed E-state index contributed by atoms with van der Waals surface area (Å²) < 4.78 is 5.44. The highest BCUT2D eigenvalue weighted by Gasteiger charge is 2.17. The number of amides is 2. The van der Waals surface area contributed by atoms with Gasteiger partial charge in [-0.05, 0) is 17.7 Å². The van der Waals surface area contributed by atoms with Crippen LogP contribution < -0.4 is 10.1 Å². The van der Waals surface area contributed by atoms with Crippen molar-refractivity contribution in [2.75, 3.05) is 11.9 Å². The van der Waals surface area contributed by atoms with Gasteiger partial charge in [0.1, 0.15) is 5.75 Å². The number of halogens is 1. The lowest BCUT2D eigenvalue weighted by Gasteiger charge is -2.21. The van der Waals surface area contributed by atoms with Gasteiger partial charge in [0.05, 0.1) is 6.54 Å². The first kappa shape index (κ1) is 19.5. The normalized spacial score (nSPS) is 10.1. The van der Waals surface area contributed by atoms with E-state index in [0.29, 0.717) is 29.4 Å². The van der Waals surface area contributed by atoms with Crippen molar-refractivity contribution in [3.63, 3.8) is 0 Å². The summed E-state index contributed by atoms with van der Waals surface area (Å²) >= 11 is 5.89. The highest BCUT2D eigenvalue weighted by molar-refractivity contribution is 6.29. The molecule has 6 heteroatoms. The van der Waals surface area contributed by atoms with Gasteiger partial charge in [-0.25, -0.2) is 4.79 Å². The molecule has 2 aromatic rings. The van der Waals surface area contributed by atoms with Gasteiger partial charge in [0.2, 0.25) is 5.91 Å². The summed E-state index contributed by atoms with van der Waals surface area (Å²) in [5.41, 5.74) is 1.52. The summed E-state index contributed by atoms with van der Waals surface area (Å²) in [6.07, 6.45) is -0.179. The quantitative estimate of drug-likeness (QED) is 0.760. The highest BCUT2D eigenvalue weighted by atomic mass is 35.5. The monoisotopic (exact) mass is 372 g/mol. The van der Waals surface area contributed by atoms with E-state index in [9.17, 15) is 9.59 Å². The minimum atomic E-state index is -0.547. The minimum Gasteiger partial charge on any atom is -0.410 e. The van der Waals surface area contributed by atoms with Gasteiger partial charge in [-0.2, -0.15) is 0 Å². The van der Waals surface area contributed by atoms with Gasteiger partial charge in [-0.1, -0.05) is 61.5 Å². The molecule has 2 rings (SSSR count). The Morgan fingerprint density at radius 3 is 2.54 bits per heavy atom. The maximum Gasteiger partial charge on any atom is 0.415 e. The number of ether oxygens (including phenoxy) is 1. The van der Waals surface area contributed by atoms with E-state index in [2.05, 4.69) is 11.9 Å². The average Bonchev–Trinajstić information content (AvgIpc) is 2.62. The number of nitrogens with zero attached hydrogens (tertiary/aromatic N) is 1. The molecule has 0 unspecified atom stereocenters. The van der Waals surface area contributed by atoms with Gasteiger partial charge in [0, 0.05) is 29.8 Å². The average molecular weight is 373 g/mol. The summed E-state index contributed by atoms with van der Waals surface area (Å²) in [6.45, 7) is 5.93. The lowest BCUT2D eigenvalue weighted by molar-refractivity contribution is -0.115. The van der Waals surface area contributed by atoms with Crippen LogP contribution in [0.3, 0.4) is 0 Å². The van der Waals surface area contributed by atoms with Crippen LogP contribution in [0, 0.1) is 0 Å². The van der Waals surface area contributed by atoms with Crippen molar-refractivity contribution in [3.8, 4) is 5.75 Å². The topological polar surface area (TPSA) is 58.6 Å². The number of hydrogen-bond acceptors (Lipinski definition) is 3. The first-order valence-corrected chi connectivity index (χ1v) is 8.59. The second-order valence-electron chi connectivity index (χ2n) is 5.66. The number of nitrogens with one attached hydrogen (secondary N) is 1. The smallest absolute Gasteiger partial charge is 0.410 e. The van der Waals surface area contributed by atoms with E-state index in [0.717, 1.165) is 5.56 Å². The van der Waals surface area contributed by atoms with Gasteiger partial charge < -0.3 is 10.1 Å². The first-order valence-electron chi connectivity index (χ1n) is 8.21. The van der Waals surface area contributed by atoms with Crippen molar-refractivity contribution in [3.05, 3.63) is 71.8 Å². The van der Waals surface area contributed by atoms with Crippen LogP contribution in [0.5, 0.6) is 5.75 Å². The molecule has 136 valence electrons. The van der Waals surface area contributed by atoms with Crippen LogP contribution in [0.15, 0.2) is 66.2 Å². The number of benzene rings is 2. The molecule has 26 heavy (non-hydrogen) atoms. The Labute approximate surface area is 158 Å². The molecule has 0 atom stereocenters. The molecule has 5 nitrogen and oxygen atoms in total. The second kappa shape index (κ2) is 9.63. The maximum atomic E-state index is 12.6. The van der Waals surface area contributed by atoms with E-state index in [1.54, 1.807) is 31.2 Å². The fraction of sp³-hybridized carbons (Fsp3) is 0.200. The lowest BCUT2D eigenvalue weighted by atomic mass is 10.2. The van der Waals surface area contributed by atoms with E-state index in [1.165, 1.54) is 4.90 Å². The third-order valence-corrected chi connectivity index (χ3v) is 3.60. The Hall–Kier alpha value is -2.79. The molecule has 0 bridgehead atoms. The highest BCUT2D eigenvalue weighted by Crippen LogP contribution is 2.19. The molecule has 0 aliphatic carbocycles. The van der Waals surface area contributed by atoms with E-state index in [1.807, 2.05) is 30.3 Å². The van der Waals surface area contributed by atoms with Crippen molar-refractivity contribution in [2.45, 2.75) is 19.9 Å². The summed E-state index contributed by atoms with van der Waals surface area (Å²) in [5, 5.41) is 3.06. The molecule has 2 aromatic carbocycles. The second-order valence-corrected chi connectivity index (χ2v) is 6.19. The molecule has 0 aromatic heterocycles. The van der Waals surface area contributed by atoms with Gasteiger partial charge in [-0.15, -0.1) is 0 Å². The Morgan fingerprint density at radius 1 is 1.15 bits per heavy atom. The SMILES string of the molecule is C=C(Cl)CN(Cc1ccccc1)C(=O)Oc1cccc(NC(=O)CC)c1. The predicted molar refractivity (Wildman–Crippen MR) is 103 cm³/mol. The number of carbonyl (C=O) groups is 2. The van der Waals surface area contributed by atoms with Crippen LogP contribution in [0.4, 0.5) is 10.5 Å². The van der Waals surface area contributed by atoms with Gasteiger partial charge >= 0.3 is 6.09 Å². The van der Waals surface area contributed by atoms with Crippen molar-refractivity contribution >= 4 is 29.3 Å².